The van der Waals surface area contributed by atoms with E-state index in [9.17, 15) is 9.59 Å². The highest BCUT2D eigenvalue weighted by Crippen LogP contribution is 2.31. The van der Waals surface area contributed by atoms with Gasteiger partial charge in [0.05, 0.1) is 34.6 Å². The fourth-order valence-corrected chi connectivity index (χ4v) is 5.28. The second-order valence-corrected chi connectivity index (χ2v) is 9.70. The molecule has 4 aromatic rings. The van der Waals surface area contributed by atoms with Gasteiger partial charge in [-0.15, -0.1) is 0 Å². The van der Waals surface area contributed by atoms with Crippen LogP contribution in [0.15, 0.2) is 64.7 Å². The first kappa shape index (κ1) is 22.4. The Bertz CT molecular complexity index is 1420. The maximum Gasteiger partial charge on any atom is 0.266 e. The molecule has 1 aliphatic carbocycles. The van der Waals surface area contributed by atoms with Crippen molar-refractivity contribution in [2.24, 2.45) is 0 Å². The lowest BCUT2D eigenvalue weighted by atomic mass is 10.1. The van der Waals surface area contributed by atoms with Gasteiger partial charge < -0.3 is 5.32 Å². The average molecular weight is 474 g/mol. The molecule has 0 unspecified atom stereocenters. The lowest BCUT2D eigenvalue weighted by Crippen LogP contribution is -2.23. The van der Waals surface area contributed by atoms with Crippen molar-refractivity contribution in [3.63, 3.8) is 0 Å². The van der Waals surface area contributed by atoms with Gasteiger partial charge in [-0.25, -0.2) is 9.67 Å². The Morgan fingerprint density at radius 1 is 1.09 bits per heavy atom. The third-order valence-corrected chi connectivity index (χ3v) is 7.37. The van der Waals surface area contributed by atoms with Crippen molar-refractivity contribution >= 4 is 34.4 Å². The number of carbonyl (C=O) groups is 1. The number of hydrogen-bond acceptors (Lipinski definition) is 5. The van der Waals surface area contributed by atoms with E-state index in [-0.39, 0.29) is 17.2 Å². The van der Waals surface area contributed by atoms with E-state index in [4.69, 9.17) is 4.98 Å². The molecular weight excluding hydrogens is 446 g/mol. The van der Waals surface area contributed by atoms with E-state index in [0.717, 1.165) is 35.5 Å². The van der Waals surface area contributed by atoms with Crippen LogP contribution in [-0.4, -0.2) is 31.0 Å². The minimum atomic E-state index is -0.154. The van der Waals surface area contributed by atoms with E-state index < -0.39 is 0 Å². The lowest BCUT2D eigenvalue weighted by Gasteiger charge is -2.16. The SMILES string of the molecule is Cc1ccc(-n2c(SCC(=O)Nc3ccnn3C3CCCC3)nc3ccccc3c2=O)cc1C. The summed E-state index contributed by atoms with van der Waals surface area (Å²) in [5.74, 6) is 0.695. The van der Waals surface area contributed by atoms with Crippen LogP contribution in [0.25, 0.3) is 16.6 Å². The standard InChI is InChI=1S/C26H27N5O2S/c1-17-11-12-20(15-18(17)2)30-25(33)21-9-5-6-10-22(21)28-26(30)34-16-24(32)29-23-13-14-27-31(23)19-7-3-4-8-19/h5-6,9-15,19H,3-4,7-8,16H2,1-2H3,(H,29,32). The molecule has 0 radical (unpaired) electrons. The molecule has 2 heterocycles. The zero-order chi connectivity index (χ0) is 23.7. The highest BCUT2D eigenvalue weighted by atomic mass is 32.2. The van der Waals surface area contributed by atoms with E-state index in [2.05, 4.69) is 10.4 Å². The zero-order valence-corrected chi connectivity index (χ0v) is 20.1. The summed E-state index contributed by atoms with van der Waals surface area (Å²) in [6.07, 6.45) is 6.28. The molecule has 1 fully saturated rings. The molecule has 1 aliphatic rings. The summed E-state index contributed by atoms with van der Waals surface area (Å²) in [5.41, 5.74) is 3.46. The monoisotopic (exact) mass is 473 g/mol. The minimum Gasteiger partial charge on any atom is -0.310 e. The van der Waals surface area contributed by atoms with Crippen LogP contribution in [0, 0.1) is 13.8 Å². The Labute approximate surface area is 202 Å². The number of fused-ring (bicyclic) bond motifs is 1. The number of benzene rings is 2. The van der Waals surface area contributed by atoms with Gasteiger partial charge in [0.2, 0.25) is 5.91 Å². The molecule has 0 atom stereocenters. The maximum absolute atomic E-state index is 13.4. The third kappa shape index (κ3) is 4.37. The van der Waals surface area contributed by atoms with Gasteiger partial charge in [-0.05, 0) is 62.1 Å². The molecule has 0 spiro atoms. The van der Waals surface area contributed by atoms with Gasteiger partial charge >= 0.3 is 0 Å². The van der Waals surface area contributed by atoms with Crippen molar-refractivity contribution in [2.45, 2.75) is 50.7 Å². The van der Waals surface area contributed by atoms with E-state index >= 15 is 0 Å². The fourth-order valence-electron chi connectivity index (χ4n) is 4.46. The summed E-state index contributed by atoms with van der Waals surface area (Å²) in [6.45, 7) is 4.06. The first-order chi connectivity index (χ1) is 16.5. The molecule has 0 aliphatic heterocycles. The van der Waals surface area contributed by atoms with Crippen LogP contribution < -0.4 is 10.9 Å². The quantitative estimate of drug-likeness (QED) is 0.313. The van der Waals surface area contributed by atoms with E-state index in [1.54, 1.807) is 16.8 Å². The second kappa shape index (κ2) is 9.46. The van der Waals surface area contributed by atoms with Crippen molar-refractivity contribution < 1.29 is 4.79 Å². The molecular formula is C26H27N5O2S. The van der Waals surface area contributed by atoms with Gasteiger partial charge in [0.15, 0.2) is 5.16 Å². The number of nitrogens with zero attached hydrogens (tertiary/aromatic N) is 4. The summed E-state index contributed by atoms with van der Waals surface area (Å²) in [7, 11) is 0. The van der Waals surface area contributed by atoms with Crippen LogP contribution in [-0.2, 0) is 4.79 Å². The molecule has 1 N–H and O–H groups in total. The number of carbonyl (C=O) groups excluding carboxylic acids is 1. The minimum absolute atomic E-state index is 0.130. The third-order valence-electron chi connectivity index (χ3n) is 6.43. The number of anilines is 1. The summed E-state index contributed by atoms with van der Waals surface area (Å²) < 4.78 is 3.53. The topological polar surface area (TPSA) is 81.8 Å². The molecule has 2 aromatic carbocycles. The van der Waals surface area contributed by atoms with Crippen LogP contribution in [0.1, 0.15) is 42.9 Å². The number of para-hydroxylation sites is 1. The highest BCUT2D eigenvalue weighted by molar-refractivity contribution is 7.99. The highest BCUT2D eigenvalue weighted by Gasteiger charge is 2.21. The Kier molecular flexibility index (Phi) is 6.24. The van der Waals surface area contributed by atoms with Gasteiger partial charge in [-0.1, -0.05) is 42.8 Å². The first-order valence-corrected chi connectivity index (χ1v) is 12.6. The smallest absolute Gasteiger partial charge is 0.266 e. The number of amides is 1. The number of aryl methyl sites for hydroxylation is 2. The summed E-state index contributed by atoms with van der Waals surface area (Å²) in [6, 6.07) is 15.4. The van der Waals surface area contributed by atoms with Gasteiger partial charge in [0.1, 0.15) is 5.82 Å². The molecule has 174 valence electrons. The van der Waals surface area contributed by atoms with Crippen molar-refractivity contribution in [1.29, 1.82) is 0 Å². The molecule has 0 saturated heterocycles. The average Bonchev–Trinajstić information content (AvgIpc) is 3.52. The van der Waals surface area contributed by atoms with Crippen molar-refractivity contribution in [1.82, 2.24) is 19.3 Å². The van der Waals surface area contributed by atoms with Gasteiger partial charge in [-0.3, -0.25) is 14.2 Å². The number of rotatable bonds is 6. The summed E-state index contributed by atoms with van der Waals surface area (Å²) in [5, 5.41) is 8.46. The molecule has 1 saturated carbocycles. The van der Waals surface area contributed by atoms with Gasteiger partial charge in [-0.2, -0.15) is 5.10 Å². The van der Waals surface area contributed by atoms with E-state index in [0.29, 0.717) is 22.1 Å². The Balaban J connectivity index is 1.43. The Morgan fingerprint density at radius 3 is 2.68 bits per heavy atom. The van der Waals surface area contributed by atoms with Crippen LogP contribution in [0.5, 0.6) is 0 Å². The maximum atomic E-state index is 13.4. The molecule has 7 nitrogen and oxygen atoms in total. The Morgan fingerprint density at radius 2 is 1.88 bits per heavy atom. The van der Waals surface area contributed by atoms with Crippen molar-refractivity contribution in [3.8, 4) is 5.69 Å². The van der Waals surface area contributed by atoms with Crippen molar-refractivity contribution in [3.05, 3.63) is 76.2 Å². The summed E-state index contributed by atoms with van der Waals surface area (Å²) in [4.78, 5) is 31.0. The lowest BCUT2D eigenvalue weighted by molar-refractivity contribution is -0.113. The molecule has 8 heteroatoms. The number of aromatic nitrogens is 4. The largest absolute Gasteiger partial charge is 0.310 e. The predicted molar refractivity (Wildman–Crippen MR) is 136 cm³/mol. The predicted octanol–water partition coefficient (Wildman–Crippen LogP) is 5.04. The molecule has 0 bridgehead atoms. The number of thioether (sulfide) groups is 1. The van der Waals surface area contributed by atoms with Crippen molar-refractivity contribution in [2.75, 3.05) is 11.1 Å². The van der Waals surface area contributed by atoms with Gasteiger partial charge in [0.25, 0.3) is 5.56 Å². The number of nitrogens with one attached hydrogen (secondary N) is 1. The molecule has 1 amide bonds. The zero-order valence-electron chi connectivity index (χ0n) is 19.3. The normalized spacial score (nSPS) is 14.1. The van der Waals surface area contributed by atoms with Crippen LogP contribution >= 0.6 is 11.8 Å². The van der Waals surface area contributed by atoms with E-state index in [1.165, 1.54) is 24.6 Å². The Hall–Kier alpha value is -3.39. The molecule has 34 heavy (non-hydrogen) atoms. The van der Waals surface area contributed by atoms with Crippen LogP contribution in [0.4, 0.5) is 5.82 Å². The second-order valence-electron chi connectivity index (χ2n) is 8.76. The van der Waals surface area contributed by atoms with Gasteiger partial charge in [0, 0.05) is 6.07 Å². The number of hydrogen-bond donors (Lipinski definition) is 1. The molecule has 5 rings (SSSR count). The van der Waals surface area contributed by atoms with E-state index in [1.807, 2.05) is 61.0 Å². The first-order valence-electron chi connectivity index (χ1n) is 11.6. The fraction of sp³-hybridized carbons (Fsp3) is 0.308. The molecule has 2 aromatic heterocycles. The van der Waals surface area contributed by atoms with Crippen LogP contribution in [0.2, 0.25) is 0 Å². The summed E-state index contributed by atoms with van der Waals surface area (Å²) >= 11 is 1.26. The van der Waals surface area contributed by atoms with Crippen LogP contribution in [0.3, 0.4) is 0 Å².